The molecule has 2 atom stereocenters. The van der Waals surface area contributed by atoms with E-state index in [0.717, 1.165) is 0 Å². The van der Waals surface area contributed by atoms with Gasteiger partial charge in [0.15, 0.2) is 5.82 Å². The smallest absolute Gasteiger partial charge is 0.326 e. The van der Waals surface area contributed by atoms with Crippen LogP contribution in [0.25, 0.3) is 10.2 Å². The first-order valence-electron chi connectivity index (χ1n) is 8.20. The van der Waals surface area contributed by atoms with E-state index in [1.165, 1.54) is 18.4 Å². The number of rotatable bonds is 8. The first-order chi connectivity index (χ1) is 12.3. The van der Waals surface area contributed by atoms with Crippen LogP contribution in [0.1, 0.15) is 41.3 Å². The molecule has 0 saturated carbocycles. The summed E-state index contributed by atoms with van der Waals surface area (Å²) < 4.78 is 10.4. The number of thiophene rings is 1. The molecule has 1 amide bonds. The Morgan fingerprint density at radius 2 is 2.00 bits per heavy atom. The molecule has 2 aromatic heterocycles. The van der Waals surface area contributed by atoms with E-state index >= 15 is 0 Å². The van der Waals surface area contributed by atoms with E-state index in [9.17, 15) is 14.7 Å². The largest absolute Gasteiger partial charge is 0.480 e. The van der Waals surface area contributed by atoms with Gasteiger partial charge in [-0.2, -0.15) is 4.98 Å². The predicted octanol–water partition coefficient (Wildman–Crippen LogP) is 2.38. The number of fused-ring (bicyclic) bond motifs is 1. The second-order valence-corrected chi connectivity index (χ2v) is 6.99. The van der Waals surface area contributed by atoms with Gasteiger partial charge in [-0.3, -0.25) is 4.79 Å². The highest BCUT2D eigenvalue weighted by Crippen LogP contribution is 2.35. The van der Waals surface area contributed by atoms with E-state index in [0.29, 0.717) is 38.8 Å². The van der Waals surface area contributed by atoms with Gasteiger partial charge in [-0.1, -0.05) is 20.3 Å². The molecule has 0 aliphatic heterocycles. The number of amides is 1. The standard InChI is InChI=1S/C17H23N3O5S/c1-6-8(2)12(17(22)23)20-14(21)13-9(3)11-15(25-5)18-10(7-24-4)19-16(11)26-13/h8,12H,6-7H2,1-5H3,(H,20,21)(H,22,23)/t8-,12-/m0/s1. The molecule has 142 valence electrons. The van der Waals surface area contributed by atoms with Crippen molar-refractivity contribution in [1.29, 1.82) is 0 Å². The average Bonchev–Trinajstić information content (AvgIpc) is 2.95. The van der Waals surface area contributed by atoms with E-state index in [4.69, 9.17) is 9.47 Å². The lowest BCUT2D eigenvalue weighted by Crippen LogP contribution is -2.44. The molecule has 0 unspecified atom stereocenters. The molecule has 0 aliphatic carbocycles. The third-order valence-corrected chi connectivity index (χ3v) is 5.43. The molecule has 0 fully saturated rings. The Kier molecular flexibility index (Phi) is 6.49. The van der Waals surface area contributed by atoms with Crippen LogP contribution in [0.15, 0.2) is 0 Å². The quantitative estimate of drug-likeness (QED) is 0.722. The summed E-state index contributed by atoms with van der Waals surface area (Å²) in [5.41, 5.74) is 0.664. The summed E-state index contributed by atoms with van der Waals surface area (Å²) in [7, 11) is 3.04. The Morgan fingerprint density at radius 3 is 2.54 bits per heavy atom. The van der Waals surface area contributed by atoms with E-state index in [1.807, 2.05) is 6.92 Å². The topological polar surface area (TPSA) is 111 Å². The number of methoxy groups -OCH3 is 2. The first kappa shape index (κ1) is 20.1. The predicted molar refractivity (Wildman–Crippen MR) is 97.8 cm³/mol. The molecule has 0 aliphatic rings. The number of aromatic nitrogens is 2. The number of aliphatic carboxylic acids is 1. The lowest BCUT2D eigenvalue weighted by atomic mass is 9.99. The van der Waals surface area contributed by atoms with Crippen LogP contribution in [0.4, 0.5) is 0 Å². The molecule has 26 heavy (non-hydrogen) atoms. The zero-order chi connectivity index (χ0) is 19.4. The van der Waals surface area contributed by atoms with Crippen LogP contribution in [-0.2, 0) is 16.1 Å². The second kappa shape index (κ2) is 8.41. The Labute approximate surface area is 155 Å². The molecular weight excluding hydrogens is 358 g/mol. The number of carboxylic acid groups (broad SMARTS) is 1. The van der Waals surface area contributed by atoms with Crippen molar-refractivity contribution in [2.45, 2.75) is 39.8 Å². The minimum absolute atomic E-state index is 0.186. The van der Waals surface area contributed by atoms with Crippen molar-refractivity contribution in [2.24, 2.45) is 5.92 Å². The molecule has 0 aromatic carbocycles. The van der Waals surface area contributed by atoms with Gasteiger partial charge in [0.05, 0.1) is 17.4 Å². The molecule has 8 nitrogen and oxygen atoms in total. The molecule has 9 heteroatoms. The number of carbonyl (C=O) groups excluding carboxylic acids is 1. The molecule has 2 heterocycles. The number of aryl methyl sites for hydroxylation is 1. The van der Waals surface area contributed by atoms with Crippen LogP contribution in [0.5, 0.6) is 5.88 Å². The van der Waals surface area contributed by atoms with Crippen molar-refractivity contribution in [2.75, 3.05) is 14.2 Å². The fourth-order valence-electron chi connectivity index (χ4n) is 2.59. The van der Waals surface area contributed by atoms with Gasteiger partial charge in [0, 0.05) is 7.11 Å². The van der Waals surface area contributed by atoms with Gasteiger partial charge in [-0.25, -0.2) is 9.78 Å². The Morgan fingerprint density at radius 1 is 1.31 bits per heavy atom. The van der Waals surface area contributed by atoms with Gasteiger partial charge in [-0.05, 0) is 18.4 Å². The maximum atomic E-state index is 12.7. The summed E-state index contributed by atoms with van der Waals surface area (Å²) in [6, 6.07) is -0.950. The summed E-state index contributed by atoms with van der Waals surface area (Å²) in [4.78, 5) is 33.9. The van der Waals surface area contributed by atoms with Gasteiger partial charge in [0.1, 0.15) is 17.5 Å². The molecule has 2 rings (SSSR count). The van der Waals surface area contributed by atoms with Crippen molar-refractivity contribution in [1.82, 2.24) is 15.3 Å². The first-order valence-corrected chi connectivity index (χ1v) is 9.02. The van der Waals surface area contributed by atoms with Crippen LogP contribution < -0.4 is 10.1 Å². The zero-order valence-electron chi connectivity index (χ0n) is 15.5. The molecule has 2 N–H and O–H groups in total. The van der Waals surface area contributed by atoms with Crippen molar-refractivity contribution < 1.29 is 24.2 Å². The summed E-state index contributed by atoms with van der Waals surface area (Å²) in [5.74, 6) is -0.854. The van der Waals surface area contributed by atoms with Crippen molar-refractivity contribution in [3.63, 3.8) is 0 Å². The number of nitrogens with zero attached hydrogens (tertiary/aromatic N) is 2. The third-order valence-electron chi connectivity index (χ3n) is 4.24. The zero-order valence-corrected chi connectivity index (χ0v) is 16.3. The monoisotopic (exact) mass is 381 g/mol. The lowest BCUT2D eigenvalue weighted by molar-refractivity contribution is -0.140. The maximum absolute atomic E-state index is 12.7. The Bertz CT molecular complexity index is 820. The van der Waals surface area contributed by atoms with E-state index < -0.39 is 17.9 Å². The lowest BCUT2D eigenvalue weighted by Gasteiger charge is -2.19. The van der Waals surface area contributed by atoms with Gasteiger partial charge >= 0.3 is 5.97 Å². The van der Waals surface area contributed by atoms with Gasteiger partial charge in [0.2, 0.25) is 5.88 Å². The van der Waals surface area contributed by atoms with Gasteiger partial charge < -0.3 is 19.9 Å². The highest BCUT2D eigenvalue weighted by atomic mass is 32.1. The fourth-order valence-corrected chi connectivity index (χ4v) is 3.69. The highest BCUT2D eigenvalue weighted by molar-refractivity contribution is 7.20. The van der Waals surface area contributed by atoms with Gasteiger partial charge in [0.25, 0.3) is 5.91 Å². The van der Waals surface area contributed by atoms with Gasteiger partial charge in [-0.15, -0.1) is 11.3 Å². The normalized spacial score (nSPS) is 13.4. The number of carbonyl (C=O) groups is 2. The SMILES string of the molecule is CC[C@H](C)[C@H](NC(=O)c1sc2nc(COC)nc(OC)c2c1C)C(=O)O. The van der Waals surface area contributed by atoms with Crippen molar-refractivity contribution >= 4 is 33.4 Å². The minimum Gasteiger partial charge on any atom is -0.480 e. The van der Waals surface area contributed by atoms with E-state index in [2.05, 4.69) is 15.3 Å². The maximum Gasteiger partial charge on any atom is 0.326 e. The molecule has 0 bridgehead atoms. The molecule has 2 aromatic rings. The van der Waals surface area contributed by atoms with Crippen LogP contribution in [0, 0.1) is 12.8 Å². The second-order valence-electron chi connectivity index (χ2n) is 5.99. The highest BCUT2D eigenvalue weighted by Gasteiger charge is 2.28. The number of nitrogens with one attached hydrogen (secondary N) is 1. The van der Waals surface area contributed by atoms with Crippen LogP contribution in [0.3, 0.4) is 0 Å². The Balaban J connectivity index is 2.44. The van der Waals surface area contributed by atoms with Crippen LogP contribution >= 0.6 is 11.3 Å². The average molecular weight is 381 g/mol. The molecule has 0 saturated heterocycles. The van der Waals surface area contributed by atoms with E-state index in [1.54, 1.807) is 21.0 Å². The fraction of sp³-hybridized carbons (Fsp3) is 0.529. The summed E-state index contributed by atoms with van der Waals surface area (Å²) in [6.45, 7) is 5.67. The number of hydrogen-bond acceptors (Lipinski definition) is 7. The van der Waals surface area contributed by atoms with Crippen LogP contribution in [-0.4, -0.2) is 47.2 Å². The molecule has 0 radical (unpaired) electrons. The number of hydrogen-bond donors (Lipinski definition) is 2. The summed E-state index contributed by atoms with van der Waals surface area (Å²) >= 11 is 1.18. The number of ether oxygens (including phenoxy) is 2. The summed E-state index contributed by atoms with van der Waals surface area (Å²) in [5, 5.41) is 12.7. The van der Waals surface area contributed by atoms with Crippen LogP contribution in [0.2, 0.25) is 0 Å². The minimum atomic E-state index is -1.05. The molecular formula is C17H23N3O5S. The third kappa shape index (κ3) is 3.94. The summed E-state index contributed by atoms with van der Waals surface area (Å²) in [6.07, 6.45) is 0.641. The Hall–Kier alpha value is -2.26. The van der Waals surface area contributed by atoms with E-state index in [-0.39, 0.29) is 12.5 Å². The molecule has 0 spiro atoms. The number of carboxylic acids is 1. The van der Waals surface area contributed by atoms with Crippen molar-refractivity contribution in [3.8, 4) is 5.88 Å². The van der Waals surface area contributed by atoms with Crippen molar-refractivity contribution in [3.05, 3.63) is 16.3 Å².